The van der Waals surface area contributed by atoms with E-state index in [0.29, 0.717) is 28.4 Å². The lowest BCUT2D eigenvalue weighted by Crippen LogP contribution is -2.40. The normalized spacial score (nSPS) is 24.8. The van der Waals surface area contributed by atoms with Crippen LogP contribution in [0.1, 0.15) is 10.4 Å². The summed E-state index contributed by atoms with van der Waals surface area (Å²) in [5.74, 6) is 0.714. The largest absolute Gasteiger partial charge is 0.316 e. The van der Waals surface area contributed by atoms with Crippen LogP contribution in [0.15, 0.2) is 28.7 Å². The van der Waals surface area contributed by atoms with E-state index in [1.54, 1.807) is 18.2 Å². The van der Waals surface area contributed by atoms with Crippen molar-refractivity contribution in [1.82, 2.24) is 15.5 Å². The molecule has 0 saturated carbocycles. The fraction of sp³-hybridized carbons (Fsp3) is 0.467. The van der Waals surface area contributed by atoms with E-state index < -0.39 is 0 Å². The molecule has 2 fully saturated rings. The quantitative estimate of drug-likeness (QED) is 0.847. The number of carbonyl (C=O) groups excluding carboxylic acids is 2. The Morgan fingerprint density at radius 1 is 1.24 bits per heavy atom. The molecule has 0 bridgehead atoms. The first kappa shape index (κ1) is 14.7. The first-order chi connectivity index (χ1) is 10.1. The van der Waals surface area contributed by atoms with Gasteiger partial charge in [0.25, 0.3) is 5.91 Å². The molecule has 2 aliphatic rings. The van der Waals surface area contributed by atoms with Gasteiger partial charge in [0, 0.05) is 17.6 Å². The summed E-state index contributed by atoms with van der Waals surface area (Å²) in [6.45, 7) is 4.25. The molecule has 1 aromatic rings. The summed E-state index contributed by atoms with van der Waals surface area (Å²) >= 11 is 3.32. The van der Waals surface area contributed by atoms with Crippen LogP contribution >= 0.6 is 15.9 Å². The van der Waals surface area contributed by atoms with E-state index in [2.05, 4.69) is 31.5 Å². The minimum atomic E-state index is -0.353. The molecular formula is C15H18BrN3O2. The number of carbonyl (C=O) groups is 2. The molecule has 0 aromatic heterocycles. The summed E-state index contributed by atoms with van der Waals surface area (Å²) in [5, 5.41) is 5.84. The number of hydrogen-bond acceptors (Lipinski definition) is 4. The van der Waals surface area contributed by atoms with Gasteiger partial charge in [-0.2, -0.15) is 0 Å². The highest BCUT2D eigenvalue weighted by atomic mass is 79.9. The van der Waals surface area contributed by atoms with Crippen molar-refractivity contribution in [3.63, 3.8) is 0 Å². The molecule has 112 valence electrons. The molecule has 2 aliphatic heterocycles. The predicted octanol–water partition coefficient (Wildman–Crippen LogP) is 0.857. The maximum absolute atomic E-state index is 12.1. The van der Waals surface area contributed by atoms with Crippen molar-refractivity contribution in [2.45, 2.75) is 0 Å². The van der Waals surface area contributed by atoms with Crippen LogP contribution < -0.4 is 10.6 Å². The minimum Gasteiger partial charge on any atom is -0.316 e. The molecule has 2 unspecified atom stereocenters. The Balaban J connectivity index is 1.53. The molecule has 5 nitrogen and oxygen atoms in total. The summed E-state index contributed by atoms with van der Waals surface area (Å²) in [5.41, 5.74) is 0.480. The Kier molecular flexibility index (Phi) is 4.37. The Bertz CT molecular complexity index is 552. The number of hydrogen-bond donors (Lipinski definition) is 2. The van der Waals surface area contributed by atoms with Gasteiger partial charge < -0.3 is 5.32 Å². The molecule has 2 N–H and O–H groups in total. The third-order valence-electron chi connectivity index (χ3n) is 4.20. The molecular weight excluding hydrogens is 334 g/mol. The van der Waals surface area contributed by atoms with Gasteiger partial charge >= 0.3 is 0 Å². The average molecular weight is 352 g/mol. The molecule has 0 spiro atoms. The molecule has 2 atom stereocenters. The summed E-state index contributed by atoms with van der Waals surface area (Å²) in [6, 6.07) is 7.09. The predicted molar refractivity (Wildman–Crippen MR) is 82.9 cm³/mol. The van der Waals surface area contributed by atoms with Crippen LogP contribution in [0, 0.1) is 11.8 Å². The number of fused-ring (bicyclic) bond motifs is 1. The van der Waals surface area contributed by atoms with Crippen molar-refractivity contribution < 1.29 is 9.59 Å². The monoisotopic (exact) mass is 351 g/mol. The highest BCUT2D eigenvalue weighted by Crippen LogP contribution is 2.25. The molecule has 3 rings (SSSR count). The van der Waals surface area contributed by atoms with Crippen molar-refractivity contribution in [2.24, 2.45) is 11.8 Å². The van der Waals surface area contributed by atoms with Crippen LogP contribution in [0.2, 0.25) is 0 Å². The molecule has 2 amide bonds. The second-order valence-electron chi connectivity index (χ2n) is 5.73. The van der Waals surface area contributed by atoms with Crippen molar-refractivity contribution in [2.75, 3.05) is 32.7 Å². The minimum absolute atomic E-state index is 0.233. The first-order valence-corrected chi connectivity index (χ1v) is 7.94. The van der Waals surface area contributed by atoms with Gasteiger partial charge in [-0.15, -0.1) is 0 Å². The van der Waals surface area contributed by atoms with Gasteiger partial charge in [0.2, 0.25) is 5.91 Å². The second-order valence-corrected chi connectivity index (χ2v) is 6.58. The summed E-state index contributed by atoms with van der Waals surface area (Å²) in [7, 11) is 0. The zero-order valence-corrected chi connectivity index (χ0v) is 13.2. The highest BCUT2D eigenvalue weighted by molar-refractivity contribution is 9.10. The van der Waals surface area contributed by atoms with Gasteiger partial charge in [0.05, 0.1) is 12.1 Å². The molecule has 2 heterocycles. The van der Waals surface area contributed by atoms with E-state index in [1.807, 2.05) is 6.07 Å². The molecule has 0 aliphatic carbocycles. The smallest absolute Gasteiger partial charge is 0.259 e. The molecule has 21 heavy (non-hydrogen) atoms. The number of rotatable bonds is 3. The van der Waals surface area contributed by atoms with Gasteiger partial charge in [0.15, 0.2) is 0 Å². The second kappa shape index (κ2) is 6.25. The van der Waals surface area contributed by atoms with Crippen molar-refractivity contribution in [3.05, 3.63) is 34.3 Å². The molecule has 0 radical (unpaired) electrons. The zero-order chi connectivity index (χ0) is 14.8. The topological polar surface area (TPSA) is 61.4 Å². The number of nitrogens with zero attached hydrogens (tertiary/aromatic N) is 1. The van der Waals surface area contributed by atoms with E-state index in [9.17, 15) is 9.59 Å². The number of benzene rings is 1. The van der Waals surface area contributed by atoms with E-state index >= 15 is 0 Å². The van der Waals surface area contributed by atoms with Crippen LogP contribution in [0.25, 0.3) is 0 Å². The van der Waals surface area contributed by atoms with Gasteiger partial charge in [-0.3, -0.25) is 19.8 Å². The third-order valence-corrected chi connectivity index (χ3v) is 4.90. The SMILES string of the molecule is O=C(CN1CC2CNCC2C1)NC(=O)c1ccccc1Br. The van der Waals surface area contributed by atoms with Crippen molar-refractivity contribution in [1.29, 1.82) is 0 Å². The zero-order valence-electron chi connectivity index (χ0n) is 11.6. The van der Waals surface area contributed by atoms with Crippen molar-refractivity contribution in [3.8, 4) is 0 Å². The number of amides is 2. The summed E-state index contributed by atoms with van der Waals surface area (Å²) in [6.07, 6.45) is 0. The number of imide groups is 1. The van der Waals surface area contributed by atoms with E-state index in [1.165, 1.54) is 0 Å². The fourth-order valence-electron chi connectivity index (χ4n) is 3.16. The van der Waals surface area contributed by atoms with Crippen LogP contribution in [0.5, 0.6) is 0 Å². The van der Waals surface area contributed by atoms with E-state index in [0.717, 1.165) is 26.2 Å². The Hall–Kier alpha value is -1.24. The van der Waals surface area contributed by atoms with Crippen molar-refractivity contribution >= 4 is 27.7 Å². The molecule has 6 heteroatoms. The van der Waals surface area contributed by atoms with Crippen LogP contribution in [-0.4, -0.2) is 49.4 Å². The summed E-state index contributed by atoms with van der Waals surface area (Å²) in [4.78, 5) is 26.2. The standard InChI is InChI=1S/C15H18BrN3O2/c16-13-4-2-1-3-12(13)15(21)18-14(20)9-19-7-10-5-17-6-11(10)8-19/h1-4,10-11,17H,5-9H2,(H,18,20,21). The maximum atomic E-state index is 12.1. The maximum Gasteiger partial charge on any atom is 0.259 e. The number of likely N-dealkylation sites (tertiary alicyclic amines) is 1. The van der Waals surface area contributed by atoms with Gasteiger partial charge in [0.1, 0.15) is 0 Å². The Labute approximate surface area is 132 Å². The van der Waals surface area contributed by atoms with Crippen LogP contribution in [0.3, 0.4) is 0 Å². The average Bonchev–Trinajstić information content (AvgIpc) is 2.99. The molecule has 1 aromatic carbocycles. The lowest BCUT2D eigenvalue weighted by atomic mass is 10.0. The molecule has 2 saturated heterocycles. The van der Waals surface area contributed by atoms with E-state index in [4.69, 9.17) is 0 Å². The Morgan fingerprint density at radius 3 is 2.57 bits per heavy atom. The number of nitrogens with one attached hydrogen (secondary N) is 2. The first-order valence-electron chi connectivity index (χ1n) is 7.15. The summed E-state index contributed by atoms with van der Waals surface area (Å²) < 4.78 is 0.692. The fourth-order valence-corrected chi connectivity index (χ4v) is 3.63. The van der Waals surface area contributed by atoms with Gasteiger partial charge in [-0.05, 0) is 53.0 Å². The third kappa shape index (κ3) is 3.33. The Morgan fingerprint density at radius 2 is 1.90 bits per heavy atom. The van der Waals surface area contributed by atoms with Crippen LogP contribution in [-0.2, 0) is 4.79 Å². The lowest BCUT2D eigenvalue weighted by Gasteiger charge is -2.16. The van der Waals surface area contributed by atoms with Gasteiger partial charge in [-0.1, -0.05) is 12.1 Å². The lowest BCUT2D eigenvalue weighted by molar-refractivity contribution is -0.121. The van der Waals surface area contributed by atoms with Gasteiger partial charge in [-0.25, -0.2) is 0 Å². The highest BCUT2D eigenvalue weighted by Gasteiger charge is 2.36. The number of halogens is 1. The van der Waals surface area contributed by atoms with E-state index in [-0.39, 0.29) is 11.8 Å². The van der Waals surface area contributed by atoms with Crippen LogP contribution in [0.4, 0.5) is 0 Å².